The maximum absolute atomic E-state index is 12.8. The Morgan fingerprint density at radius 2 is 1.76 bits per heavy atom. The molecule has 17 heavy (non-hydrogen) atoms. The Hall–Kier alpha value is -0.880. The van der Waals surface area contributed by atoms with E-state index in [1.54, 1.807) is 0 Å². The Morgan fingerprint density at radius 1 is 1.29 bits per heavy atom. The third-order valence-corrected chi connectivity index (χ3v) is 3.15. The van der Waals surface area contributed by atoms with Crippen molar-refractivity contribution in [2.24, 2.45) is 11.8 Å². The first kappa shape index (κ1) is 14.2. The maximum atomic E-state index is 12.8. The summed E-state index contributed by atoms with van der Waals surface area (Å²) >= 11 is 0. The zero-order valence-electron chi connectivity index (χ0n) is 8.94. The smallest absolute Gasteiger partial charge is 0.392 e. The van der Waals surface area contributed by atoms with Crippen LogP contribution >= 0.6 is 0 Å². The summed E-state index contributed by atoms with van der Waals surface area (Å²) < 4.78 is 63.4. The predicted octanol–water partition coefficient (Wildman–Crippen LogP) is 3.47. The highest BCUT2D eigenvalue weighted by molar-refractivity contribution is 5.67. The summed E-state index contributed by atoms with van der Waals surface area (Å²) in [6.07, 6.45) is -7.42. The van der Waals surface area contributed by atoms with Gasteiger partial charge < -0.3 is 5.11 Å². The van der Waals surface area contributed by atoms with Gasteiger partial charge in [-0.1, -0.05) is 0 Å². The van der Waals surface area contributed by atoms with Gasteiger partial charge in [0.1, 0.15) is 0 Å². The number of carboxylic acid groups (broad SMARTS) is 1. The van der Waals surface area contributed by atoms with E-state index in [-0.39, 0.29) is 12.8 Å². The molecule has 0 aromatic rings. The number of hydrogen-bond donors (Lipinski definition) is 1. The summed E-state index contributed by atoms with van der Waals surface area (Å²) in [5, 5.41) is 8.43. The molecule has 1 N–H and O–H groups in total. The zero-order valence-corrected chi connectivity index (χ0v) is 8.94. The van der Waals surface area contributed by atoms with Crippen LogP contribution in [0.15, 0.2) is 0 Å². The largest absolute Gasteiger partial charge is 0.481 e. The zero-order chi connectivity index (χ0) is 13.3. The molecule has 1 aliphatic rings. The Balaban J connectivity index is 2.69. The van der Waals surface area contributed by atoms with Gasteiger partial charge in [0.2, 0.25) is 5.92 Å². The van der Waals surface area contributed by atoms with Gasteiger partial charge >= 0.3 is 12.1 Å². The van der Waals surface area contributed by atoms with E-state index in [4.69, 9.17) is 5.11 Å². The quantitative estimate of drug-likeness (QED) is 0.789. The summed E-state index contributed by atoms with van der Waals surface area (Å²) in [6, 6.07) is 0. The monoisotopic (exact) mass is 260 g/mol. The van der Waals surface area contributed by atoms with E-state index in [0.29, 0.717) is 0 Å². The predicted molar refractivity (Wildman–Crippen MR) is 48.7 cm³/mol. The lowest BCUT2D eigenvalue weighted by molar-refractivity contribution is -0.202. The summed E-state index contributed by atoms with van der Waals surface area (Å²) in [7, 11) is 0. The fourth-order valence-corrected chi connectivity index (χ4v) is 2.20. The van der Waals surface area contributed by atoms with Crippen molar-refractivity contribution in [3.05, 3.63) is 0 Å². The molecular weight excluding hydrogens is 247 g/mol. The molecule has 1 aliphatic carbocycles. The van der Waals surface area contributed by atoms with E-state index in [2.05, 4.69) is 0 Å². The molecule has 0 saturated heterocycles. The number of alkyl halides is 5. The first-order valence-electron chi connectivity index (χ1n) is 5.28. The van der Waals surface area contributed by atoms with E-state index < -0.39 is 49.2 Å². The lowest BCUT2D eigenvalue weighted by atomic mass is 9.77. The molecule has 0 heterocycles. The SMILES string of the molecule is O=C(O)CC(C1CCC(F)(F)CC1)C(F)(F)F. The van der Waals surface area contributed by atoms with Gasteiger partial charge in [-0.3, -0.25) is 4.79 Å². The van der Waals surface area contributed by atoms with Crippen molar-refractivity contribution in [3.8, 4) is 0 Å². The third kappa shape index (κ3) is 4.12. The summed E-state index contributed by atoms with van der Waals surface area (Å²) in [5.41, 5.74) is 0. The Labute approximate surface area is 94.8 Å². The van der Waals surface area contributed by atoms with Crippen LogP contribution < -0.4 is 0 Å². The highest BCUT2D eigenvalue weighted by atomic mass is 19.4. The molecule has 100 valence electrons. The topological polar surface area (TPSA) is 37.3 Å². The van der Waals surface area contributed by atoms with Gasteiger partial charge in [0.15, 0.2) is 0 Å². The first-order valence-corrected chi connectivity index (χ1v) is 5.28. The molecule has 1 saturated carbocycles. The van der Waals surface area contributed by atoms with Gasteiger partial charge in [0.05, 0.1) is 12.3 Å². The van der Waals surface area contributed by atoms with E-state index in [0.717, 1.165) is 0 Å². The Morgan fingerprint density at radius 3 is 2.12 bits per heavy atom. The first-order chi connectivity index (χ1) is 7.62. The fraction of sp³-hybridized carbons (Fsp3) is 0.900. The molecule has 1 rings (SSSR count). The molecule has 7 heteroatoms. The molecule has 0 spiro atoms. The molecule has 1 atom stereocenters. The van der Waals surface area contributed by atoms with Gasteiger partial charge in [-0.15, -0.1) is 0 Å². The van der Waals surface area contributed by atoms with Crippen LogP contribution in [0.2, 0.25) is 0 Å². The highest BCUT2D eigenvalue weighted by Crippen LogP contribution is 2.45. The number of hydrogen-bond acceptors (Lipinski definition) is 1. The molecule has 1 unspecified atom stereocenters. The van der Waals surface area contributed by atoms with Crippen LogP contribution in [0.25, 0.3) is 0 Å². The average Bonchev–Trinajstić information content (AvgIpc) is 2.13. The van der Waals surface area contributed by atoms with Crippen LogP contribution in [0.1, 0.15) is 32.1 Å². The number of rotatable bonds is 3. The Kier molecular flexibility index (Phi) is 3.99. The van der Waals surface area contributed by atoms with Crippen molar-refractivity contribution in [1.82, 2.24) is 0 Å². The van der Waals surface area contributed by atoms with Crippen LogP contribution in [0.4, 0.5) is 22.0 Å². The second-order valence-corrected chi connectivity index (χ2v) is 4.44. The van der Waals surface area contributed by atoms with E-state index in [9.17, 15) is 26.7 Å². The number of halogens is 5. The van der Waals surface area contributed by atoms with Gasteiger partial charge in [0, 0.05) is 12.8 Å². The average molecular weight is 260 g/mol. The van der Waals surface area contributed by atoms with Crippen LogP contribution in [-0.4, -0.2) is 23.2 Å². The van der Waals surface area contributed by atoms with Crippen LogP contribution in [0, 0.1) is 11.8 Å². The Bertz CT molecular complexity index is 277. The van der Waals surface area contributed by atoms with Crippen LogP contribution in [0.5, 0.6) is 0 Å². The van der Waals surface area contributed by atoms with Crippen molar-refractivity contribution < 1.29 is 31.9 Å². The summed E-state index contributed by atoms with van der Waals surface area (Å²) in [5.74, 6) is -7.48. The molecule has 0 bridgehead atoms. The molecular formula is C10H13F5O2. The second kappa shape index (κ2) is 4.78. The van der Waals surface area contributed by atoms with Gasteiger partial charge in [-0.05, 0) is 18.8 Å². The normalized spacial score (nSPS) is 23.4. The standard InChI is InChI=1S/C10H13F5O2/c11-9(12)3-1-6(2-4-9)7(5-8(16)17)10(13,14)15/h6-7H,1-5H2,(H,16,17). The highest BCUT2D eigenvalue weighted by Gasteiger charge is 2.48. The number of aliphatic carboxylic acids is 1. The lowest BCUT2D eigenvalue weighted by Crippen LogP contribution is -2.36. The van der Waals surface area contributed by atoms with Gasteiger partial charge in [0.25, 0.3) is 0 Å². The van der Waals surface area contributed by atoms with Crippen LogP contribution in [-0.2, 0) is 4.79 Å². The molecule has 0 aromatic carbocycles. The van der Waals surface area contributed by atoms with Crippen molar-refractivity contribution in [2.75, 3.05) is 0 Å². The fourth-order valence-electron chi connectivity index (χ4n) is 2.20. The number of carboxylic acids is 1. The van der Waals surface area contributed by atoms with Crippen molar-refractivity contribution in [2.45, 2.75) is 44.2 Å². The second-order valence-electron chi connectivity index (χ2n) is 4.44. The summed E-state index contributed by atoms with van der Waals surface area (Å²) in [4.78, 5) is 10.4. The van der Waals surface area contributed by atoms with E-state index in [1.807, 2.05) is 0 Å². The molecule has 0 aromatic heterocycles. The lowest BCUT2D eigenvalue weighted by Gasteiger charge is -2.34. The molecule has 0 radical (unpaired) electrons. The van der Waals surface area contributed by atoms with Crippen molar-refractivity contribution in [3.63, 3.8) is 0 Å². The molecule has 0 aliphatic heterocycles. The molecule has 0 amide bonds. The number of carbonyl (C=O) groups is 1. The van der Waals surface area contributed by atoms with Gasteiger partial charge in [-0.25, -0.2) is 8.78 Å². The van der Waals surface area contributed by atoms with E-state index >= 15 is 0 Å². The molecule has 1 fully saturated rings. The van der Waals surface area contributed by atoms with Crippen LogP contribution in [0.3, 0.4) is 0 Å². The minimum atomic E-state index is -4.64. The molecule has 2 nitrogen and oxygen atoms in total. The maximum Gasteiger partial charge on any atom is 0.392 e. The van der Waals surface area contributed by atoms with Gasteiger partial charge in [-0.2, -0.15) is 13.2 Å². The van der Waals surface area contributed by atoms with Crippen molar-refractivity contribution in [1.29, 1.82) is 0 Å². The van der Waals surface area contributed by atoms with E-state index in [1.165, 1.54) is 0 Å². The minimum absolute atomic E-state index is 0.273. The van der Waals surface area contributed by atoms with Crippen molar-refractivity contribution >= 4 is 5.97 Å². The summed E-state index contributed by atoms with van der Waals surface area (Å²) in [6.45, 7) is 0. The minimum Gasteiger partial charge on any atom is -0.481 e. The third-order valence-electron chi connectivity index (χ3n) is 3.15.